The third-order valence-electron chi connectivity index (χ3n) is 9.63. The summed E-state index contributed by atoms with van der Waals surface area (Å²) in [5, 5.41) is 3.05. The van der Waals surface area contributed by atoms with Crippen molar-refractivity contribution in [2.24, 2.45) is 11.8 Å². The molecule has 2 saturated heterocycles. The minimum absolute atomic E-state index is 0.0172. The zero-order valence-electron chi connectivity index (χ0n) is 27.1. The number of likely N-dealkylation sites (tertiary alicyclic amines) is 1. The molecule has 2 aromatic rings. The van der Waals surface area contributed by atoms with Crippen LogP contribution in [0.15, 0.2) is 23.0 Å². The van der Waals surface area contributed by atoms with E-state index in [2.05, 4.69) is 16.4 Å². The van der Waals surface area contributed by atoms with Crippen LogP contribution in [0.2, 0.25) is 0 Å². The number of hydrogen-bond donors (Lipinski definition) is 1. The first kappa shape index (κ1) is 32.5. The van der Waals surface area contributed by atoms with Crippen LogP contribution < -0.4 is 20.5 Å². The average Bonchev–Trinajstić information content (AvgIpc) is 3.01. The number of carbonyl (C=O) groups excluding carboxylic acids is 3. The van der Waals surface area contributed by atoms with Crippen LogP contribution in [0.3, 0.4) is 0 Å². The highest BCUT2D eigenvalue weighted by Gasteiger charge is 2.43. The lowest BCUT2D eigenvalue weighted by molar-refractivity contribution is -0.145. The summed E-state index contributed by atoms with van der Waals surface area (Å²) in [4.78, 5) is 60.4. The molecule has 45 heavy (non-hydrogen) atoms. The average molecular weight is 622 g/mol. The van der Waals surface area contributed by atoms with E-state index < -0.39 is 0 Å². The lowest BCUT2D eigenvalue weighted by atomic mass is 9.77. The van der Waals surface area contributed by atoms with E-state index in [1.807, 2.05) is 28.9 Å². The minimum atomic E-state index is -0.329. The van der Waals surface area contributed by atoms with Gasteiger partial charge in [0.05, 0.1) is 14.2 Å². The van der Waals surface area contributed by atoms with Gasteiger partial charge < -0.3 is 24.6 Å². The van der Waals surface area contributed by atoms with E-state index in [0.717, 1.165) is 42.5 Å². The third kappa shape index (κ3) is 7.68. The third-order valence-corrected chi connectivity index (χ3v) is 9.63. The van der Waals surface area contributed by atoms with Gasteiger partial charge in [-0.2, -0.15) is 4.98 Å². The van der Waals surface area contributed by atoms with E-state index in [4.69, 9.17) is 9.47 Å². The molecule has 0 aliphatic carbocycles. The lowest BCUT2D eigenvalue weighted by Crippen LogP contribution is -2.60. The molecule has 4 heterocycles. The molecule has 1 aromatic carbocycles. The van der Waals surface area contributed by atoms with Crippen molar-refractivity contribution in [1.29, 1.82) is 0 Å². The quantitative estimate of drug-likeness (QED) is 0.545. The molecule has 11 nitrogen and oxygen atoms in total. The Hall–Kier alpha value is -3.89. The van der Waals surface area contributed by atoms with Crippen LogP contribution in [0.1, 0.15) is 67.5 Å². The first-order valence-electron chi connectivity index (χ1n) is 16.3. The SMILES string of the molecule is COc1cc2cc(c1OC)CCCNC(=O)CCC[C@H]1[C@@H]3C[C@@H](CN(C(=O)CCn4c(C)cc(C)nc4=O)C3)CN1C(=O)CC2. The summed E-state index contributed by atoms with van der Waals surface area (Å²) < 4.78 is 12.8. The Bertz CT molecular complexity index is 1470. The second kappa shape index (κ2) is 14.5. The van der Waals surface area contributed by atoms with E-state index in [1.165, 1.54) is 0 Å². The van der Waals surface area contributed by atoms with Gasteiger partial charge in [-0.05, 0) is 87.5 Å². The van der Waals surface area contributed by atoms with Crippen molar-refractivity contribution >= 4 is 17.7 Å². The van der Waals surface area contributed by atoms with Crippen molar-refractivity contribution in [3.63, 3.8) is 0 Å². The fraction of sp³-hybridized carbons (Fsp3) is 0.618. The van der Waals surface area contributed by atoms with Gasteiger partial charge in [0.1, 0.15) is 0 Å². The molecule has 0 radical (unpaired) electrons. The first-order chi connectivity index (χ1) is 21.7. The van der Waals surface area contributed by atoms with Gasteiger partial charge >= 0.3 is 5.69 Å². The van der Waals surface area contributed by atoms with Crippen molar-refractivity contribution < 1.29 is 23.9 Å². The van der Waals surface area contributed by atoms with E-state index in [9.17, 15) is 19.2 Å². The molecule has 3 amide bonds. The zero-order valence-corrected chi connectivity index (χ0v) is 27.1. The molecule has 11 heteroatoms. The Morgan fingerprint density at radius 1 is 0.978 bits per heavy atom. The highest BCUT2D eigenvalue weighted by atomic mass is 16.5. The Morgan fingerprint density at radius 2 is 1.80 bits per heavy atom. The van der Waals surface area contributed by atoms with Crippen LogP contribution in [0.25, 0.3) is 0 Å². The number of benzene rings is 1. The minimum Gasteiger partial charge on any atom is -0.493 e. The smallest absolute Gasteiger partial charge is 0.347 e. The van der Waals surface area contributed by atoms with Crippen molar-refractivity contribution in [2.45, 2.75) is 84.2 Å². The molecular formula is C34H47N5O6. The van der Waals surface area contributed by atoms with Gasteiger partial charge in [-0.15, -0.1) is 0 Å². The molecule has 0 spiro atoms. The number of aromatic nitrogens is 2. The molecule has 0 saturated carbocycles. The Kier molecular flexibility index (Phi) is 10.5. The highest BCUT2D eigenvalue weighted by molar-refractivity contribution is 5.78. The molecule has 0 unspecified atom stereocenters. The number of piperidine rings is 2. The van der Waals surface area contributed by atoms with Crippen molar-refractivity contribution in [3.05, 3.63) is 51.2 Å². The first-order valence-corrected chi connectivity index (χ1v) is 16.3. The molecule has 3 aliphatic heterocycles. The van der Waals surface area contributed by atoms with Crippen LogP contribution in [0, 0.1) is 25.7 Å². The number of hydrogen-bond acceptors (Lipinski definition) is 7. The number of amides is 3. The molecule has 1 N–H and O–H groups in total. The van der Waals surface area contributed by atoms with Gasteiger partial charge in [0.15, 0.2) is 11.5 Å². The van der Waals surface area contributed by atoms with Gasteiger partial charge in [-0.1, -0.05) is 6.07 Å². The van der Waals surface area contributed by atoms with Crippen molar-refractivity contribution in [3.8, 4) is 11.5 Å². The number of carbonyl (C=O) groups is 3. The monoisotopic (exact) mass is 621 g/mol. The number of nitrogens with one attached hydrogen (secondary N) is 1. The summed E-state index contributed by atoms with van der Waals surface area (Å²) in [6, 6.07) is 5.87. The van der Waals surface area contributed by atoms with E-state index in [-0.39, 0.29) is 47.7 Å². The van der Waals surface area contributed by atoms with E-state index in [0.29, 0.717) is 75.6 Å². The molecule has 3 aliphatic rings. The number of nitrogens with zero attached hydrogens (tertiary/aromatic N) is 4. The van der Waals surface area contributed by atoms with Crippen molar-refractivity contribution in [1.82, 2.24) is 24.7 Å². The van der Waals surface area contributed by atoms with Crippen LogP contribution in [0.4, 0.5) is 0 Å². The van der Waals surface area contributed by atoms with E-state index >= 15 is 0 Å². The maximum atomic E-state index is 13.8. The zero-order chi connectivity index (χ0) is 32.1. The predicted molar refractivity (Wildman–Crippen MR) is 169 cm³/mol. The summed E-state index contributed by atoms with van der Waals surface area (Å²) in [6.45, 7) is 6.31. The Morgan fingerprint density at radius 3 is 2.56 bits per heavy atom. The van der Waals surface area contributed by atoms with Crippen LogP contribution >= 0.6 is 0 Å². The Labute approximate surface area is 265 Å². The normalized spacial score (nSPS) is 22.8. The summed E-state index contributed by atoms with van der Waals surface area (Å²) in [5.74, 6) is 1.84. The maximum absolute atomic E-state index is 13.8. The standard InChI is InChI=1S/C34H47N5O6/c1-22-15-23(2)38(34(43)36-22)14-12-31(41)37-19-25-17-27(21-37)28-8-5-9-30(40)35-13-6-7-26-16-24(10-11-32(42)39(28)20-25)18-29(44-3)33(26)45-4/h15-16,18,25,27-28H,5-14,17,19-21H2,1-4H3,(H,35,40)/t25-,27+,28-/m0/s1. The second-order valence-electron chi connectivity index (χ2n) is 12.8. The summed E-state index contributed by atoms with van der Waals surface area (Å²) in [6.07, 6.45) is 5.48. The van der Waals surface area contributed by atoms with Gasteiger partial charge in [-0.3, -0.25) is 19.0 Å². The van der Waals surface area contributed by atoms with Crippen LogP contribution in [0.5, 0.6) is 11.5 Å². The largest absolute Gasteiger partial charge is 0.493 e. The molecule has 1 aromatic heterocycles. The predicted octanol–water partition coefficient (Wildman–Crippen LogP) is 2.81. The fourth-order valence-corrected chi connectivity index (χ4v) is 7.52. The second-order valence-corrected chi connectivity index (χ2v) is 12.8. The number of methoxy groups -OCH3 is 2. The summed E-state index contributed by atoms with van der Waals surface area (Å²) in [7, 11) is 3.25. The molecule has 3 atom stereocenters. The highest BCUT2D eigenvalue weighted by Crippen LogP contribution is 2.37. The Balaban J connectivity index is 1.31. The number of aryl methyl sites for hydroxylation is 4. The summed E-state index contributed by atoms with van der Waals surface area (Å²) >= 11 is 0. The van der Waals surface area contributed by atoms with E-state index in [1.54, 1.807) is 25.7 Å². The molecular weight excluding hydrogens is 574 g/mol. The number of fused-ring (bicyclic) bond motifs is 6. The number of ether oxygens (including phenoxy) is 2. The number of rotatable bonds is 5. The molecule has 4 bridgehead atoms. The van der Waals surface area contributed by atoms with Gasteiger partial charge in [0.2, 0.25) is 17.7 Å². The van der Waals surface area contributed by atoms with Gasteiger partial charge in [0, 0.05) is 69.4 Å². The van der Waals surface area contributed by atoms with Crippen molar-refractivity contribution in [2.75, 3.05) is 40.4 Å². The molecule has 2 fully saturated rings. The van der Waals surface area contributed by atoms with Crippen LogP contribution in [-0.2, 0) is 33.8 Å². The fourth-order valence-electron chi connectivity index (χ4n) is 7.52. The molecule has 5 rings (SSSR count). The van der Waals surface area contributed by atoms with Gasteiger partial charge in [0.25, 0.3) is 0 Å². The van der Waals surface area contributed by atoms with Gasteiger partial charge in [-0.25, -0.2) is 4.79 Å². The van der Waals surface area contributed by atoms with Crippen LogP contribution in [-0.4, -0.2) is 83.5 Å². The summed E-state index contributed by atoms with van der Waals surface area (Å²) in [5.41, 5.74) is 3.17. The topological polar surface area (TPSA) is 123 Å². The maximum Gasteiger partial charge on any atom is 0.347 e. The lowest BCUT2D eigenvalue weighted by Gasteiger charge is -2.51. The molecule has 244 valence electrons.